The fourth-order valence-corrected chi connectivity index (χ4v) is 5.40. The van der Waals surface area contributed by atoms with E-state index in [2.05, 4.69) is 33.5 Å². The van der Waals surface area contributed by atoms with E-state index in [-0.39, 0.29) is 24.5 Å². The molecule has 1 saturated heterocycles. The van der Waals surface area contributed by atoms with Crippen molar-refractivity contribution in [1.82, 2.24) is 4.90 Å². The van der Waals surface area contributed by atoms with Crippen molar-refractivity contribution in [3.05, 3.63) is 23.9 Å². The van der Waals surface area contributed by atoms with Gasteiger partial charge in [-0.05, 0) is 17.2 Å². The Balaban J connectivity index is 3.18. The van der Waals surface area contributed by atoms with Crippen molar-refractivity contribution >= 4 is 20.1 Å². The highest BCUT2D eigenvalue weighted by molar-refractivity contribution is 6.85. The monoisotopic (exact) mass is 325 g/mol. The van der Waals surface area contributed by atoms with Crippen molar-refractivity contribution < 1.29 is 19.1 Å². The number of ether oxygens (including phenoxy) is 2. The lowest BCUT2D eigenvalue weighted by molar-refractivity contribution is -0.122. The Labute approximate surface area is 134 Å². The first-order valence-electron chi connectivity index (χ1n) is 7.58. The Hall–Kier alpha value is -1.40. The smallest absolute Gasteiger partial charge is 0.416 e. The molecule has 0 spiro atoms. The quantitative estimate of drug-likeness (QED) is 0.410. The Morgan fingerprint density at radius 1 is 1.50 bits per heavy atom. The van der Waals surface area contributed by atoms with Crippen molar-refractivity contribution in [1.29, 1.82) is 0 Å². The Kier molecular flexibility index (Phi) is 6.56. The van der Waals surface area contributed by atoms with Crippen LogP contribution in [0.25, 0.3) is 0 Å². The molecule has 1 fully saturated rings. The maximum atomic E-state index is 12.4. The number of cyclic esters (lactones) is 1. The summed E-state index contributed by atoms with van der Waals surface area (Å²) in [7, 11) is -0.239. The summed E-state index contributed by atoms with van der Waals surface area (Å²) < 4.78 is 10.5. The van der Waals surface area contributed by atoms with E-state index in [0.717, 1.165) is 16.1 Å². The topological polar surface area (TPSA) is 55.8 Å². The highest BCUT2D eigenvalue weighted by Crippen LogP contribution is 2.29. The largest absolute Gasteiger partial charge is 0.447 e. The summed E-state index contributed by atoms with van der Waals surface area (Å²) in [4.78, 5) is 25.2. The maximum absolute atomic E-state index is 12.4. The number of methoxy groups -OCH3 is 1. The number of nitrogens with zero attached hydrogens (tertiary/aromatic N) is 1. The lowest BCUT2D eigenvalue weighted by Crippen LogP contribution is -2.40. The van der Waals surface area contributed by atoms with Gasteiger partial charge in [-0.15, -0.1) is 6.58 Å². The molecule has 0 bridgehead atoms. The molecule has 1 rings (SSSR count). The predicted octanol–water partition coefficient (Wildman–Crippen LogP) is 3.00. The first-order chi connectivity index (χ1) is 10.2. The van der Waals surface area contributed by atoms with Gasteiger partial charge in [-0.3, -0.25) is 4.79 Å². The minimum atomic E-state index is -1.90. The lowest BCUT2D eigenvalue weighted by Gasteiger charge is -2.33. The zero-order chi connectivity index (χ0) is 16.9. The van der Waals surface area contributed by atoms with Crippen LogP contribution in [0.4, 0.5) is 4.79 Å². The fraction of sp³-hybridized carbons (Fsp3) is 0.625. The van der Waals surface area contributed by atoms with E-state index in [0.29, 0.717) is 6.54 Å². The van der Waals surface area contributed by atoms with Crippen molar-refractivity contribution in [2.24, 2.45) is 5.92 Å². The van der Waals surface area contributed by atoms with Gasteiger partial charge in [0, 0.05) is 13.2 Å². The van der Waals surface area contributed by atoms with E-state index in [4.69, 9.17) is 9.47 Å². The third kappa shape index (κ3) is 4.30. The molecule has 0 N–H and O–H groups in total. The lowest BCUT2D eigenvalue weighted by atomic mass is 10.1. The van der Waals surface area contributed by atoms with Crippen LogP contribution in [0.1, 0.15) is 13.8 Å². The number of rotatable bonds is 7. The highest BCUT2D eigenvalue weighted by atomic mass is 28.3. The molecule has 2 amide bonds. The van der Waals surface area contributed by atoms with Crippen LogP contribution in [0.5, 0.6) is 0 Å². The van der Waals surface area contributed by atoms with Gasteiger partial charge in [-0.2, -0.15) is 0 Å². The highest BCUT2D eigenvalue weighted by Gasteiger charge is 2.35. The van der Waals surface area contributed by atoms with Crippen LogP contribution in [-0.4, -0.2) is 51.3 Å². The van der Waals surface area contributed by atoms with Crippen LogP contribution in [0, 0.1) is 5.92 Å². The Morgan fingerprint density at radius 3 is 2.55 bits per heavy atom. The van der Waals surface area contributed by atoms with E-state index >= 15 is 0 Å². The summed E-state index contributed by atoms with van der Waals surface area (Å²) in [6.45, 7) is 12.9. The minimum Gasteiger partial charge on any atom is -0.447 e. The van der Waals surface area contributed by atoms with Crippen molar-refractivity contribution in [3.8, 4) is 0 Å². The normalized spacial score (nSPS) is 17.6. The van der Waals surface area contributed by atoms with E-state index in [1.165, 1.54) is 0 Å². The standard InChI is InChI=1S/C16H27NO4Si/c1-7-10-22(5,6)13(15(20-4)12(2)3)11-14(18)17-8-9-21-16(17)19/h7,11-12,15H,1,8-10H2,2-6H3/b13-11-. The SMILES string of the molecule is C=CC[Si](C)(C)/C(=C\C(=O)N1CCOC1=O)C(OC)C(C)C. The van der Waals surface area contributed by atoms with Crippen molar-refractivity contribution in [2.45, 2.75) is 39.1 Å². The molecule has 1 unspecified atom stereocenters. The third-order valence-corrected chi connectivity index (χ3v) is 7.21. The number of carbonyl (C=O) groups excluding carboxylic acids is 2. The number of hydrogen-bond donors (Lipinski definition) is 0. The summed E-state index contributed by atoms with van der Waals surface area (Å²) in [5.41, 5.74) is 0. The van der Waals surface area contributed by atoms with Crippen LogP contribution >= 0.6 is 0 Å². The number of allylic oxidation sites excluding steroid dienone is 1. The number of imide groups is 1. The van der Waals surface area contributed by atoms with Gasteiger partial charge in [-0.25, -0.2) is 9.69 Å². The van der Waals surface area contributed by atoms with Gasteiger partial charge in [-0.1, -0.05) is 33.0 Å². The first kappa shape index (κ1) is 18.6. The average molecular weight is 325 g/mol. The molecular weight excluding hydrogens is 298 g/mol. The second-order valence-corrected chi connectivity index (χ2v) is 11.2. The van der Waals surface area contributed by atoms with Crippen LogP contribution in [0.15, 0.2) is 23.9 Å². The van der Waals surface area contributed by atoms with Gasteiger partial charge in [0.2, 0.25) is 0 Å². The van der Waals surface area contributed by atoms with Gasteiger partial charge in [0.15, 0.2) is 0 Å². The second-order valence-electron chi connectivity index (χ2n) is 6.48. The molecule has 0 saturated carbocycles. The zero-order valence-corrected chi connectivity index (χ0v) is 15.2. The summed E-state index contributed by atoms with van der Waals surface area (Å²) in [6.07, 6.45) is 2.78. The van der Waals surface area contributed by atoms with Crippen LogP contribution in [0.3, 0.4) is 0 Å². The number of hydrogen-bond acceptors (Lipinski definition) is 4. The minimum absolute atomic E-state index is 0.135. The molecule has 0 aromatic rings. The van der Waals surface area contributed by atoms with E-state index in [1.54, 1.807) is 13.2 Å². The molecule has 0 aromatic carbocycles. The molecule has 22 heavy (non-hydrogen) atoms. The summed E-state index contributed by atoms with van der Waals surface area (Å²) in [6, 6.07) is 0.850. The zero-order valence-electron chi connectivity index (χ0n) is 14.2. The third-order valence-electron chi connectivity index (χ3n) is 3.91. The maximum Gasteiger partial charge on any atom is 0.416 e. The number of carbonyl (C=O) groups is 2. The van der Waals surface area contributed by atoms with Gasteiger partial charge in [0.05, 0.1) is 20.7 Å². The van der Waals surface area contributed by atoms with Gasteiger partial charge in [0.25, 0.3) is 5.91 Å². The molecule has 6 heteroatoms. The molecular formula is C16H27NO4Si. The molecule has 0 radical (unpaired) electrons. The number of amides is 2. The van der Waals surface area contributed by atoms with E-state index in [9.17, 15) is 9.59 Å². The molecule has 1 atom stereocenters. The summed E-state index contributed by atoms with van der Waals surface area (Å²) in [5.74, 6) is -0.0731. The summed E-state index contributed by atoms with van der Waals surface area (Å²) in [5, 5.41) is 1.01. The fourth-order valence-electron chi connectivity index (χ4n) is 2.70. The molecule has 124 valence electrons. The van der Waals surface area contributed by atoms with Crippen molar-refractivity contribution in [3.63, 3.8) is 0 Å². The predicted molar refractivity (Wildman–Crippen MR) is 89.3 cm³/mol. The summed E-state index contributed by atoms with van der Waals surface area (Å²) >= 11 is 0. The molecule has 1 aliphatic heterocycles. The molecule has 5 nitrogen and oxygen atoms in total. The van der Waals surface area contributed by atoms with Crippen LogP contribution in [-0.2, 0) is 14.3 Å². The Bertz CT molecular complexity index is 471. The average Bonchev–Trinajstić information content (AvgIpc) is 2.84. The van der Waals surface area contributed by atoms with Gasteiger partial charge < -0.3 is 9.47 Å². The van der Waals surface area contributed by atoms with Crippen LogP contribution in [0.2, 0.25) is 19.1 Å². The molecule has 0 aliphatic carbocycles. The van der Waals surface area contributed by atoms with E-state index in [1.807, 2.05) is 6.08 Å². The molecule has 1 heterocycles. The van der Waals surface area contributed by atoms with Gasteiger partial charge >= 0.3 is 6.09 Å². The molecule has 0 aromatic heterocycles. The molecule has 1 aliphatic rings. The van der Waals surface area contributed by atoms with Crippen LogP contribution < -0.4 is 0 Å². The van der Waals surface area contributed by atoms with Crippen molar-refractivity contribution in [2.75, 3.05) is 20.3 Å². The first-order valence-corrected chi connectivity index (χ1v) is 10.8. The van der Waals surface area contributed by atoms with E-state index < -0.39 is 14.2 Å². The second kappa shape index (κ2) is 7.74. The van der Waals surface area contributed by atoms with Gasteiger partial charge in [0.1, 0.15) is 6.61 Å². The Morgan fingerprint density at radius 2 is 2.14 bits per heavy atom.